The number of methoxy groups -OCH3 is 1. The minimum Gasteiger partial charge on any atom is -0.497 e. The highest BCUT2D eigenvalue weighted by atomic mass is 16.6. The zero-order valence-corrected chi connectivity index (χ0v) is 43.5. The molecular weight excluding hydrogens is 963 g/mol. The van der Waals surface area contributed by atoms with Crippen LogP contribution < -0.4 is 30.2 Å². The van der Waals surface area contributed by atoms with Crippen LogP contribution in [-0.4, -0.2) is 144 Å². The lowest BCUT2D eigenvalue weighted by molar-refractivity contribution is -0.167. The van der Waals surface area contributed by atoms with Crippen molar-refractivity contribution < 1.29 is 52.5 Å². The Labute approximate surface area is 436 Å². The smallest absolute Gasteiger partial charge is 0.347 e. The number of hydrogen-bond donors (Lipinski definition) is 5. The van der Waals surface area contributed by atoms with Gasteiger partial charge in [-0.15, -0.1) is 0 Å². The normalized spacial score (nSPS) is 14.0. The quantitative estimate of drug-likeness (QED) is 0.0226. The second-order valence-electron chi connectivity index (χ2n) is 18.2. The van der Waals surface area contributed by atoms with Crippen LogP contribution >= 0.6 is 0 Å². The third-order valence-electron chi connectivity index (χ3n) is 13.1. The van der Waals surface area contributed by atoms with Crippen LogP contribution in [0.2, 0.25) is 0 Å². The van der Waals surface area contributed by atoms with Gasteiger partial charge in [0.15, 0.2) is 6.10 Å². The van der Waals surface area contributed by atoms with E-state index in [1.807, 2.05) is 31.2 Å². The average molecular weight is 1030 g/mol. The number of likely N-dealkylation sites (tertiary alicyclic amines) is 1. The molecule has 4 amide bonds. The Morgan fingerprint density at radius 3 is 2.44 bits per heavy atom. The van der Waals surface area contributed by atoms with Crippen LogP contribution in [0.4, 0.5) is 16.2 Å². The predicted molar refractivity (Wildman–Crippen MR) is 282 cm³/mol. The molecule has 1 saturated heterocycles. The minimum atomic E-state index is -1.33. The summed E-state index contributed by atoms with van der Waals surface area (Å²) in [6.45, 7) is 15.2. The van der Waals surface area contributed by atoms with Crippen LogP contribution in [0, 0.1) is 13.8 Å². The van der Waals surface area contributed by atoms with Crippen molar-refractivity contribution in [1.82, 2.24) is 35.2 Å². The summed E-state index contributed by atoms with van der Waals surface area (Å²) in [5.74, 6) is -1.80. The topological polar surface area (TPSA) is 239 Å². The van der Waals surface area contributed by atoms with Crippen molar-refractivity contribution in [3.8, 4) is 28.4 Å². The van der Waals surface area contributed by atoms with Gasteiger partial charge >= 0.3 is 23.9 Å². The van der Waals surface area contributed by atoms with Crippen molar-refractivity contribution in [3.63, 3.8) is 0 Å². The molecule has 5 N–H and O–H groups in total. The predicted octanol–water partition coefficient (Wildman–Crippen LogP) is 6.96. The molecule has 0 spiro atoms. The fraction of sp³-hybridized carbons (Fsp3) is 0.400. The number of nitrogens with zero attached hydrogens (tertiary/aromatic N) is 4. The first kappa shape index (κ1) is 54.8. The van der Waals surface area contributed by atoms with E-state index in [1.54, 1.807) is 62.8 Å². The fourth-order valence-electron chi connectivity index (χ4n) is 8.86. The number of amides is 4. The molecule has 0 aliphatic carbocycles. The largest absolute Gasteiger partial charge is 0.497 e. The first-order valence-electron chi connectivity index (χ1n) is 25.3. The summed E-state index contributed by atoms with van der Waals surface area (Å²) in [6.07, 6.45) is 5.35. The number of hydrogen-bond acceptors (Lipinski definition) is 14. The van der Waals surface area contributed by atoms with Gasteiger partial charge in [-0.3, -0.25) is 29.2 Å². The molecule has 7 rings (SSSR count). The van der Waals surface area contributed by atoms with Crippen molar-refractivity contribution in [3.05, 3.63) is 107 Å². The molecule has 2 aromatic heterocycles. The number of aryl methyl sites for hydroxylation is 1. The minimum absolute atomic E-state index is 0.0354. The van der Waals surface area contributed by atoms with Crippen LogP contribution in [0.1, 0.15) is 84.9 Å². The zero-order valence-electron chi connectivity index (χ0n) is 43.5. The van der Waals surface area contributed by atoms with Crippen molar-refractivity contribution >= 4 is 58.8 Å². The molecule has 0 saturated carbocycles. The number of aromatic nitrogens is 3. The molecule has 1 fully saturated rings. The van der Waals surface area contributed by atoms with E-state index in [2.05, 4.69) is 54.8 Å². The molecule has 0 radical (unpaired) electrons. The molecule has 75 heavy (non-hydrogen) atoms. The van der Waals surface area contributed by atoms with Gasteiger partial charge in [0.05, 0.1) is 49.5 Å². The zero-order chi connectivity index (χ0) is 53.4. The van der Waals surface area contributed by atoms with Gasteiger partial charge in [-0.05, 0) is 125 Å². The Balaban J connectivity index is 0.913. The number of urea groups is 1. The molecule has 20 nitrogen and oxygen atoms in total. The first-order valence-corrected chi connectivity index (χ1v) is 25.3. The molecule has 0 unspecified atom stereocenters. The number of H-pyrrole nitrogens is 2. The van der Waals surface area contributed by atoms with Crippen molar-refractivity contribution in [2.75, 3.05) is 83.3 Å². The number of fused-ring (bicyclic) bond motifs is 1. The summed E-state index contributed by atoms with van der Waals surface area (Å²) in [5.41, 5.74) is 6.63. The second-order valence-corrected chi connectivity index (χ2v) is 18.2. The van der Waals surface area contributed by atoms with Gasteiger partial charge in [0.1, 0.15) is 30.5 Å². The number of carbonyl (C=O) groups excluding carboxylic acids is 6. The molecule has 2 aliphatic heterocycles. The van der Waals surface area contributed by atoms with Gasteiger partial charge in [-0.1, -0.05) is 32.0 Å². The van der Waals surface area contributed by atoms with Crippen LogP contribution in [0.3, 0.4) is 0 Å². The maximum Gasteiger partial charge on any atom is 0.347 e. The van der Waals surface area contributed by atoms with Crippen LogP contribution in [-0.2, 0) is 35.2 Å². The number of nitrogens with one attached hydrogen (secondary N) is 5. The lowest BCUT2D eigenvalue weighted by Gasteiger charge is -2.25. The van der Waals surface area contributed by atoms with Crippen molar-refractivity contribution in [2.45, 2.75) is 73.0 Å². The van der Waals surface area contributed by atoms with Gasteiger partial charge in [-0.2, -0.15) is 5.10 Å². The number of anilines is 2. The Hall–Kier alpha value is -7.97. The summed E-state index contributed by atoms with van der Waals surface area (Å²) in [5, 5.41) is 15.7. The third-order valence-corrected chi connectivity index (χ3v) is 13.1. The molecule has 4 heterocycles. The Kier molecular flexibility index (Phi) is 19.2. The fourth-order valence-corrected chi connectivity index (χ4v) is 8.86. The molecule has 20 heteroatoms. The Morgan fingerprint density at radius 1 is 0.907 bits per heavy atom. The first-order chi connectivity index (χ1) is 36.2. The van der Waals surface area contributed by atoms with Gasteiger partial charge in [0.25, 0.3) is 11.8 Å². The van der Waals surface area contributed by atoms with E-state index in [0.717, 1.165) is 68.8 Å². The second kappa shape index (κ2) is 26.3. The number of carbonyl (C=O) groups is 6. The van der Waals surface area contributed by atoms with Crippen LogP contribution in [0.15, 0.2) is 73.1 Å². The summed E-state index contributed by atoms with van der Waals surface area (Å²) < 4.78 is 28.1. The maximum atomic E-state index is 14.1. The maximum absolute atomic E-state index is 14.1. The molecule has 2 aliphatic rings. The summed E-state index contributed by atoms with van der Waals surface area (Å²) >= 11 is 0. The monoisotopic (exact) mass is 1030 g/mol. The summed E-state index contributed by atoms with van der Waals surface area (Å²) in [4.78, 5) is 88.6. The van der Waals surface area contributed by atoms with E-state index in [-0.39, 0.29) is 43.7 Å². The van der Waals surface area contributed by atoms with Crippen molar-refractivity contribution in [2.24, 2.45) is 0 Å². The Morgan fingerprint density at radius 2 is 1.69 bits per heavy atom. The summed E-state index contributed by atoms with van der Waals surface area (Å²) in [7, 11) is 1.55. The van der Waals surface area contributed by atoms with Gasteiger partial charge in [-0.25, -0.2) is 9.59 Å². The molecule has 5 aromatic rings. The highest BCUT2D eigenvalue weighted by molar-refractivity contribution is 6.35. The lowest BCUT2D eigenvalue weighted by atomic mass is 10.0. The summed E-state index contributed by atoms with van der Waals surface area (Å²) in [6, 6.07) is 16.9. The number of benzene rings is 3. The van der Waals surface area contributed by atoms with Crippen molar-refractivity contribution in [1.29, 1.82) is 0 Å². The molecule has 1 atom stereocenters. The van der Waals surface area contributed by atoms with E-state index in [9.17, 15) is 28.8 Å². The highest BCUT2D eigenvalue weighted by Gasteiger charge is 2.28. The van der Waals surface area contributed by atoms with E-state index in [0.29, 0.717) is 69.7 Å². The number of ether oxygens (including phenoxy) is 5. The molecular formula is C55H67N9O11. The highest BCUT2D eigenvalue weighted by Crippen LogP contribution is 2.37. The van der Waals surface area contributed by atoms with E-state index < -0.39 is 36.5 Å². The van der Waals surface area contributed by atoms with E-state index in [1.165, 1.54) is 17.9 Å². The third kappa shape index (κ3) is 14.8. The van der Waals surface area contributed by atoms with Crippen LogP contribution in [0.25, 0.3) is 22.8 Å². The number of likely N-dealkylation sites (N-methyl/N-ethyl adjacent to an activating group) is 1. The molecule has 398 valence electrons. The van der Waals surface area contributed by atoms with Gasteiger partial charge in [0.2, 0.25) is 0 Å². The van der Waals surface area contributed by atoms with Gasteiger partial charge in [0, 0.05) is 60.6 Å². The molecule has 0 bridgehead atoms. The number of rotatable bonds is 25. The SMILES string of the molecule is CCN(CC)CCNC(=O)c1c(C)[nH]c(/C=C2\C(=O)Nc3ccc(OC(=O)CCC(=O)O[C@@H](C)C(=O)OCCN(Cc4cccc(OC)c4)C(=O)Nc4ccc(-c5cn[nH]c5)cc4OCCN4CCCC4)cc32)c1C. The van der Waals surface area contributed by atoms with Gasteiger partial charge < -0.3 is 54.4 Å². The lowest BCUT2D eigenvalue weighted by Crippen LogP contribution is -2.38. The average Bonchev–Trinajstić information content (AvgIpc) is 4.24. The van der Waals surface area contributed by atoms with E-state index in [4.69, 9.17) is 23.7 Å². The number of aromatic amines is 2. The number of esters is 3. The van der Waals surface area contributed by atoms with Crippen LogP contribution in [0.5, 0.6) is 17.2 Å². The Bertz CT molecular complexity index is 2850. The standard InChI is InChI=1S/C55H67N9O11/c1-7-62(8-2)23-20-56-53(68)51-35(3)47(59-36(51)4)31-44-43-30-42(15-17-45(43)60-52(44)67)75-50(66)19-18-49(65)74-37(5)54(69)73-27-25-64(34-38-12-11-13-41(28-38)71-6)55(70)61-46-16-14-39(40-32-57-58-33-40)29-48(46)72-26-24-63-21-9-10-22-63/h11-17,28-33,37,59H,7-10,18-27,34H2,1-6H3,(H,56,68)(H,57,58)(H,60,67)(H,61,70)/b44-31-/t37-/m0/s1. The van der Waals surface area contributed by atoms with E-state index >= 15 is 0 Å². The molecule has 3 aromatic carbocycles.